The topological polar surface area (TPSA) is 132 Å². The van der Waals surface area contributed by atoms with E-state index in [1.54, 1.807) is 31.2 Å². The van der Waals surface area contributed by atoms with E-state index in [4.69, 9.17) is 10.3 Å². The maximum absolute atomic E-state index is 12.4. The van der Waals surface area contributed by atoms with Gasteiger partial charge in [0.2, 0.25) is 20.0 Å². The molecule has 3 aromatic carbocycles. The fourth-order valence-electron chi connectivity index (χ4n) is 3.92. The second kappa shape index (κ2) is 11.5. The molecule has 1 aliphatic heterocycles. The summed E-state index contributed by atoms with van der Waals surface area (Å²) in [6.45, 7) is 2.45. The summed E-state index contributed by atoms with van der Waals surface area (Å²) in [6.07, 6.45) is 3.05. The van der Waals surface area contributed by atoms with E-state index >= 15 is 0 Å². The van der Waals surface area contributed by atoms with Gasteiger partial charge in [0.05, 0.1) is 15.8 Å². The smallest absolute Gasteiger partial charge is 1.00 e. The third-order valence-electron chi connectivity index (χ3n) is 5.46. The van der Waals surface area contributed by atoms with Crippen LogP contribution >= 0.6 is 0 Å². The number of sulfonamides is 2. The van der Waals surface area contributed by atoms with E-state index in [0.717, 1.165) is 22.3 Å². The maximum atomic E-state index is 12.4. The molecule has 1 aliphatic rings. The molecule has 5 N–H and O–H groups in total. The minimum atomic E-state index is -4.03. The zero-order valence-corrected chi connectivity index (χ0v) is 24.9. The maximum Gasteiger partial charge on any atom is 1.00 e. The molecule has 0 amide bonds. The summed E-state index contributed by atoms with van der Waals surface area (Å²) < 4.78 is 48.6. The van der Waals surface area contributed by atoms with Gasteiger partial charge < -0.3 is 8.17 Å². The zero-order chi connectivity index (χ0) is 23.1. The first-order valence-electron chi connectivity index (χ1n) is 9.83. The molecule has 7 nitrogen and oxygen atoms in total. The standard InChI is InChI=1S/C23H23N3O4S2.2Na.2H/c1-15-6-7-16(21(12-15)31(24,27)28)8-9-17-10-11-18(13-22(17)32(25,29)30)23-20-5-3-2-4-19(20)14-26-23;;;;/h2-13,23,26H,14H2,1H3,(H2,24,27,28)(H2,25,29,30);;;;/q;2*+1;2*-1. The van der Waals surface area contributed by atoms with Crippen molar-refractivity contribution in [2.24, 2.45) is 10.3 Å². The van der Waals surface area contributed by atoms with Crippen LogP contribution in [0.15, 0.2) is 70.5 Å². The van der Waals surface area contributed by atoms with Crippen molar-refractivity contribution in [3.8, 4) is 0 Å². The van der Waals surface area contributed by atoms with Gasteiger partial charge in [0.1, 0.15) is 0 Å². The number of hydrogen-bond donors (Lipinski definition) is 3. The van der Waals surface area contributed by atoms with Gasteiger partial charge >= 0.3 is 59.1 Å². The van der Waals surface area contributed by atoms with E-state index in [2.05, 4.69) is 5.32 Å². The molecule has 0 fully saturated rings. The minimum Gasteiger partial charge on any atom is -1.00 e. The predicted octanol–water partition coefficient (Wildman–Crippen LogP) is -3.11. The van der Waals surface area contributed by atoms with Crippen LogP contribution in [0.25, 0.3) is 12.2 Å². The van der Waals surface area contributed by atoms with Crippen molar-refractivity contribution in [3.63, 3.8) is 0 Å². The Kier molecular flexibility index (Phi) is 9.94. The van der Waals surface area contributed by atoms with Gasteiger partial charge in [0, 0.05) is 6.54 Å². The van der Waals surface area contributed by atoms with Crippen LogP contribution in [0, 0.1) is 6.92 Å². The van der Waals surface area contributed by atoms with Crippen molar-refractivity contribution in [2.45, 2.75) is 29.3 Å². The van der Waals surface area contributed by atoms with Gasteiger partial charge in [-0.15, -0.1) is 0 Å². The van der Waals surface area contributed by atoms with Gasteiger partial charge in [0.15, 0.2) is 0 Å². The van der Waals surface area contributed by atoms with Crippen molar-refractivity contribution in [1.82, 2.24) is 5.32 Å². The number of aryl methyl sites for hydroxylation is 1. The van der Waals surface area contributed by atoms with Crippen molar-refractivity contribution >= 4 is 32.2 Å². The van der Waals surface area contributed by atoms with Crippen molar-refractivity contribution in [1.29, 1.82) is 0 Å². The molecule has 0 bridgehead atoms. The Balaban J connectivity index is 0.00000306. The van der Waals surface area contributed by atoms with E-state index in [-0.39, 0.29) is 77.8 Å². The SMILES string of the molecule is Cc1ccc(C=Cc2ccc(C3NCc4ccccc43)cc2S(N)(=O)=O)c(S(N)(=O)=O)c1.[H-].[H-].[Na+].[Na+]. The Labute approximate surface area is 247 Å². The van der Waals surface area contributed by atoms with Crippen LogP contribution in [-0.2, 0) is 26.6 Å². The van der Waals surface area contributed by atoms with E-state index in [1.807, 2.05) is 30.3 Å². The number of rotatable bonds is 5. The molecule has 0 saturated carbocycles. The third kappa shape index (κ3) is 6.48. The molecule has 4 rings (SSSR count). The van der Waals surface area contributed by atoms with Gasteiger partial charge in [-0.25, -0.2) is 27.1 Å². The van der Waals surface area contributed by atoms with Gasteiger partial charge in [0.25, 0.3) is 0 Å². The van der Waals surface area contributed by atoms with Crippen LogP contribution < -0.4 is 74.7 Å². The number of nitrogens with two attached hydrogens (primary N) is 2. The van der Waals surface area contributed by atoms with Crippen LogP contribution in [0.3, 0.4) is 0 Å². The van der Waals surface area contributed by atoms with Crippen LogP contribution in [0.5, 0.6) is 0 Å². The fourth-order valence-corrected chi connectivity index (χ4v) is 5.50. The first kappa shape index (κ1) is 29.4. The molecule has 0 radical (unpaired) electrons. The van der Waals surface area contributed by atoms with Gasteiger partial charge in [-0.2, -0.15) is 0 Å². The Bertz CT molecular complexity index is 1470. The van der Waals surface area contributed by atoms with Gasteiger partial charge in [-0.1, -0.05) is 60.7 Å². The molecular formula is C23H25N3Na2O4S2. The Morgan fingerprint density at radius 1 is 0.853 bits per heavy atom. The average Bonchev–Trinajstić information content (AvgIpc) is 3.15. The first-order chi connectivity index (χ1) is 15.0. The van der Waals surface area contributed by atoms with Crippen molar-refractivity contribution in [2.75, 3.05) is 0 Å². The molecule has 0 aliphatic carbocycles. The summed E-state index contributed by atoms with van der Waals surface area (Å²) in [7, 11) is -7.98. The molecule has 3 aromatic rings. The Hall–Kier alpha value is -0.820. The summed E-state index contributed by atoms with van der Waals surface area (Å²) in [4.78, 5) is -0.0732. The summed E-state index contributed by atoms with van der Waals surface area (Å²) in [6, 6.07) is 17.7. The van der Waals surface area contributed by atoms with Crippen molar-refractivity contribution in [3.05, 3.63) is 94.0 Å². The molecule has 1 heterocycles. The van der Waals surface area contributed by atoms with E-state index in [9.17, 15) is 16.8 Å². The molecule has 1 atom stereocenters. The second-order valence-electron chi connectivity index (χ2n) is 7.77. The van der Waals surface area contributed by atoms with Crippen molar-refractivity contribution < 1.29 is 78.8 Å². The van der Waals surface area contributed by atoms with Crippen LogP contribution in [-0.4, -0.2) is 16.8 Å². The van der Waals surface area contributed by atoms with Gasteiger partial charge in [-0.3, -0.25) is 0 Å². The largest absolute Gasteiger partial charge is 1.00 e. The number of fused-ring (bicyclic) bond motifs is 1. The molecule has 0 aromatic heterocycles. The minimum absolute atomic E-state index is 0. The molecular weight excluding hydrogens is 492 g/mol. The zero-order valence-electron chi connectivity index (χ0n) is 21.3. The number of hydrogen-bond acceptors (Lipinski definition) is 5. The summed E-state index contributed by atoms with van der Waals surface area (Å²) in [5.74, 6) is 0. The number of nitrogens with one attached hydrogen (secondary N) is 1. The van der Waals surface area contributed by atoms with E-state index < -0.39 is 20.0 Å². The molecule has 1 unspecified atom stereocenters. The quantitative estimate of drug-likeness (QED) is 0.244. The monoisotopic (exact) mass is 517 g/mol. The van der Waals surface area contributed by atoms with E-state index in [1.165, 1.54) is 18.2 Å². The molecule has 34 heavy (non-hydrogen) atoms. The predicted molar refractivity (Wildman–Crippen MR) is 127 cm³/mol. The normalized spacial score (nSPS) is 15.4. The number of benzene rings is 3. The van der Waals surface area contributed by atoms with Crippen LogP contribution in [0.2, 0.25) is 0 Å². The molecule has 11 heteroatoms. The summed E-state index contributed by atoms with van der Waals surface area (Å²) in [5.41, 5.74) is 4.47. The Morgan fingerprint density at radius 3 is 2.03 bits per heavy atom. The van der Waals surface area contributed by atoms with Gasteiger partial charge in [-0.05, 0) is 52.4 Å². The first-order valence-corrected chi connectivity index (χ1v) is 12.9. The second-order valence-corrected chi connectivity index (χ2v) is 10.8. The van der Waals surface area contributed by atoms with Crippen LogP contribution in [0.4, 0.5) is 0 Å². The van der Waals surface area contributed by atoms with Crippen LogP contribution in [0.1, 0.15) is 42.3 Å². The number of primary sulfonamides is 2. The molecule has 170 valence electrons. The molecule has 0 saturated heterocycles. The third-order valence-corrected chi connectivity index (χ3v) is 7.39. The summed E-state index contributed by atoms with van der Waals surface area (Å²) >= 11 is 0. The van der Waals surface area contributed by atoms with E-state index in [0.29, 0.717) is 17.7 Å². The summed E-state index contributed by atoms with van der Waals surface area (Å²) in [5, 5.41) is 14.2. The fraction of sp³-hybridized carbons (Fsp3) is 0.130. The molecule has 0 spiro atoms. The average molecular weight is 518 g/mol. The Morgan fingerprint density at radius 2 is 1.41 bits per heavy atom.